The van der Waals surface area contributed by atoms with Crippen molar-refractivity contribution < 1.29 is 14.1 Å². The number of methoxy groups -OCH3 is 1. The second-order valence-electron chi connectivity index (χ2n) is 3.73. The molecule has 0 aliphatic heterocycles. The second-order valence-corrected chi connectivity index (χ2v) is 6.59. The van der Waals surface area contributed by atoms with Gasteiger partial charge in [-0.2, -0.15) is 0 Å². The van der Waals surface area contributed by atoms with E-state index in [2.05, 4.69) is 4.98 Å². The van der Waals surface area contributed by atoms with E-state index in [4.69, 9.17) is 19.8 Å². The molecule has 1 atom stereocenters. The molecule has 0 aliphatic rings. The van der Waals surface area contributed by atoms with Crippen molar-refractivity contribution in [3.8, 4) is 0 Å². The summed E-state index contributed by atoms with van der Waals surface area (Å²) in [4.78, 5) is 4.10. The van der Waals surface area contributed by atoms with E-state index in [0.717, 1.165) is 11.3 Å². The summed E-state index contributed by atoms with van der Waals surface area (Å²) in [7, 11) is -1.82. The number of aliphatic hydroxyl groups excluding tert-OH is 1. The van der Waals surface area contributed by atoms with E-state index in [-0.39, 0.29) is 9.90 Å². The Morgan fingerprint density at radius 2 is 2.25 bits per heavy atom. The van der Waals surface area contributed by atoms with E-state index >= 15 is 0 Å². The highest BCUT2D eigenvalue weighted by Crippen LogP contribution is 2.32. The lowest BCUT2D eigenvalue weighted by atomic mass is 10.1. The maximum Gasteiger partial charge on any atom is 0.143 e. The smallest absolute Gasteiger partial charge is 0.143 e. The van der Waals surface area contributed by atoms with E-state index in [1.165, 1.54) is 7.11 Å². The number of nitrogens with one attached hydrogen (secondary N) is 1. The monoisotopic (exact) mass is 265 g/mol. The summed E-state index contributed by atoms with van der Waals surface area (Å²) in [6, 6.07) is 0. The van der Waals surface area contributed by atoms with Gasteiger partial charge in [-0.1, -0.05) is 0 Å². The van der Waals surface area contributed by atoms with Crippen LogP contribution in [0, 0.1) is 4.78 Å². The third-order valence-electron chi connectivity index (χ3n) is 2.11. The van der Waals surface area contributed by atoms with Crippen molar-refractivity contribution in [3.05, 3.63) is 10.7 Å². The van der Waals surface area contributed by atoms with Gasteiger partial charge in [0, 0.05) is 7.11 Å². The number of nitrogens with zero attached hydrogens (tertiary/aromatic N) is 1. The lowest BCUT2D eigenvalue weighted by Gasteiger charge is -2.19. The minimum Gasteiger partial charge on any atom is -0.390 e. The Kier molecular flexibility index (Phi) is 3.70. The van der Waals surface area contributed by atoms with Crippen LogP contribution < -0.4 is 5.14 Å². The molecular formula is C8H15N3O3S2. The number of thiazole rings is 1. The van der Waals surface area contributed by atoms with Gasteiger partial charge in [0.1, 0.15) is 24.7 Å². The maximum absolute atomic E-state index is 11.5. The van der Waals surface area contributed by atoms with Crippen molar-refractivity contribution in [3.63, 3.8) is 0 Å². The summed E-state index contributed by atoms with van der Waals surface area (Å²) in [5.41, 5.74) is -0.468. The molecule has 0 aromatic carbocycles. The van der Waals surface area contributed by atoms with Crippen molar-refractivity contribution in [2.75, 3.05) is 7.11 Å². The molecule has 0 fully saturated rings. The van der Waals surface area contributed by atoms with Gasteiger partial charge < -0.3 is 9.84 Å². The molecule has 16 heavy (non-hydrogen) atoms. The highest BCUT2D eigenvalue weighted by Gasteiger charge is 2.27. The molecule has 8 heteroatoms. The fourth-order valence-corrected chi connectivity index (χ4v) is 3.10. The molecule has 0 saturated heterocycles. The normalized spacial score (nSPS) is 16.1. The Balaban J connectivity index is 3.35. The molecule has 6 nitrogen and oxygen atoms in total. The average Bonchev–Trinajstić information content (AvgIpc) is 2.61. The predicted molar refractivity (Wildman–Crippen MR) is 61.4 cm³/mol. The zero-order valence-corrected chi connectivity index (χ0v) is 10.9. The van der Waals surface area contributed by atoms with Crippen LogP contribution in [0.25, 0.3) is 0 Å². The average molecular weight is 265 g/mol. The summed E-state index contributed by atoms with van der Waals surface area (Å²) >= 11 is 1.04. The van der Waals surface area contributed by atoms with Crippen LogP contribution in [0.2, 0.25) is 0 Å². The zero-order valence-electron chi connectivity index (χ0n) is 9.31. The van der Waals surface area contributed by atoms with Crippen molar-refractivity contribution in [2.45, 2.75) is 30.3 Å². The maximum atomic E-state index is 11.5. The summed E-state index contributed by atoms with van der Waals surface area (Å²) in [6.45, 7) is 3.19. The molecule has 1 unspecified atom stereocenters. The number of aromatic nitrogens is 1. The molecule has 0 bridgehead atoms. The minimum absolute atomic E-state index is 0.107. The fourth-order valence-electron chi connectivity index (χ4n) is 1.02. The van der Waals surface area contributed by atoms with Crippen LogP contribution in [0.4, 0.5) is 0 Å². The molecule has 0 radical (unpaired) electrons. The standard InChI is InChI=1S/C8H15N3O3S2/c1-8(2,14-3)7-11-5(4-12)6(15-7)16(9,10)13/h12H,4H2,1-3H3,(H3,9,10,13). The van der Waals surface area contributed by atoms with Gasteiger partial charge in [-0.15, -0.1) is 11.3 Å². The van der Waals surface area contributed by atoms with Crippen LogP contribution in [0.3, 0.4) is 0 Å². The number of hydrogen-bond donors (Lipinski definition) is 3. The molecule has 0 aliphatic carbocycles. The highest BCUT2D eigenvalue weighted by atomic mass is 32.2. The third kappa shape index (κ3) is 2.58. The van der Waals surface area contributed by atoms with Gasteiger partial charge in [-0.3, -0.25) is 0 Å². The largest absolute Gasteiger partial charge is 0.390 e. The van der Waals surface area contributed by atoms with Gasteiger partial charge in [0.15, 0.2) is 0 Å². The molecule has 0 spiro atoms. The van der Waals surface area contributed by atoms with Gasteiger partial charge in [-0.05, 0) is 13.8 Å². The first-order chi connectivity index (χ1) is 7.22. The molecule has 1 aromatic heterocycles. The first-order valence-electron chi connectivity index (χ1n) is 4.45. The van der Waals surface area contributed by atoms with Crippen molar-refractivity contribution in [1.29, 1.82) is 4.78 Å². The van der Waals surface area contributed by atoms with Crippen LogP contribution in [-0.4, -0.2) is 21.4 Å². The summed E-state index contributed by atoms with van der Waals surface area (Å²) in [5.74, 6) is 0. The van der Waals surface area contributed by atoms with Crippen LogP contribution in [0.15, 0.2) is 4.21 Å². The van der Waals surface area contributed by atoms with Crippen LogP contribution in [0.5, 0.6) is 0 Å². The van der Waals surface area contributed by atoms with Gasteiger partial charge >= 0.3 is 0 Å². The van der Waals surface area contributed by atoms with E-state index in [1.807, 2.05) is 0 Å². The van der Waals surface area contributed by atoms with Gasteiger partial charge in [-0.25, -0.2) is 19.1 Å². The Hall–Kier alpha value is -0.540. The summed E-state index contributed by atoms with van der Waals surface area (Å²) < 4.78 is 24.1. The highest BCUT2D eigenvalue weighted by molar-refractivity contribution is 7.92. The topological polar surface area (TPSA) is 109 Å². The second kappa shape index (κ2) is 4.38. The van der Waals surface area contributed by atoms with Crippen molar-refractivity contribution in [2.24, 2.45) is 5.14 Å². The van der Waals surface area contributed by atoms with E-state index in [0.29, 0.717) is 5.01 Å². The molecule has 1 aromatic rings. The Morgan fingerprint density at radius 3 is 2.56 bits per heavy atom. The molecule has 1 rings (SSSR count). The lowest BCUT2D eigenvalue weighted by molar-refractivity contribution is 0.0188. The third-order valence-corrected chi connectivity index (χ3v) is 5.09. The van der Waals surface area contributed by atoms with E-state index in [1.54, 1.807) is 13.8 Å². The summed E-state index contributed by atoms with van der Waals surface area (Å²) in [5, 5.41) is 14.9. The van der Waals surface area contributed by atoms with E-state index in [9.17, 15) is 4.21 Å². The first-order valence-corrected chi connectivity index (χ1v) is 6.89. The molecule has 92 valence electrons. The first kappa shape index (κ1) is 13.5. The van der Waals surface area contributed by atoms with Crippen LogP contribution in [-0.2, 0) is 26.9 Å². The van der Waals surface area contributed by atoms with Crippen LogP contribution >= 0.6 is 11.3 Å². The van der Waals surface area contributed by atoms with Crippen molar-refractivity contribution >= 4 is 21.3 Å². The Morgan fingerprint density at radius 1 is 1.69 bits per heavy atom. The van der Waals surface area contributed by atoms with Crippen LogP contribution in [0.1, 0.15) is 24.5 Å². The number of aliphatic hydroxyl groups is 1. The number of rotatable bonds is 4. The number of ether oxygens (including phenoxy) is 1. The molecule has 1 heterocycles. The lowest BCUT2D eigenvalue weighted by Crippen LogP contribution is -2.19. The van der Waals surface area contributed by atoms with Gasteiger partial charge in [0.25, 0.3) is 0 Å². The predicted octanol–water partition coefficient (Wildman–Crippen LogP) is 0.796. The van der Waals surface area contributed by atoms with Crippen molar-refractivity contribution in [1.82, 2.24) is 4.98 Å². The quantitative estimate of drug-likeness (QED) is 0.747. The SMILES string of the molecule is COC(C)(C)c1nc(CO)c(S(=N)(N)=O)s1. The Bertz CT molecular complexity index is 479. The summed E-state index contributed by atoms with van der Waals surface area (Å²) in [6.07, 6.45) is 0. The number of hydrogen-bond acceptors (Lipinski definition) is 6. The number of nitrogens with two attached hydrogens (primary N) is 1. The molecule has 4 N–H and O–H groups in total. The van der Waals surface area contributed by atoms with E-state index < -0.39 is 22.1 Å². The fraction of sp³-hybridized carbons (Fsp3) is 0.625. The molecule has 0 saturated carbocycles. The minimum atomic E-state index is -3.35. The van der Waals surface area contributed by atoms with Gasteiger partial charge in [0.05, 0.1) is 12.3 Å². The molecular weight excluding hydrogens is 250 g/mol. The van der Waals surface area contributed by atoms with Gasteiger partial charge in [0.2, 0.25) is 0 Å². The molecule has 0 amide bonds. The Labute approximate surface area is 98.6 Å². The zero-order chi connectivity index (χ0) is 12.6.